The van der Waals surface area contributed by atoms with E-state index in [4.69, 9.17) is 0 Å². The number of imide groups is 1. The number of rotatable bonds is 3. The van der Waals surface area contributed by atoms with Crippen molar-refractivity contribution in [1.82, 2.24) is 10.2 Å². The van der Waals surface area contributed by atoms with Crippen molar-refractivity contribution < 1.29 is 40.3 Å². The Bertz CT molecular complexity index is 998. The highest BCUT2D eigenvalue weighted by molar-refractivity contribution is 6.07. The van der Waals surface area contributed by atoms with Crippen LogP contribution in [0.15, 0.2) is 18.2 Å². The van der Waals surface area contributed by atoms with Crippen LogP contribution in [0.1, 0.15) is 18.1 Å². The largest absolute Gasteiger partial charge is 0.325 e. The molecule has 148 valence electrons. The molecule has 1 heterocycles. The Kier molecular flexibility index (Phi) is 4.56. The Balaban J connectivity index is 2.04. The van der Waals surface area contributed by atoms with Crippen molar-refractivity contribution in [2.45, 2.75) is 19.0 Å². The lowest BCUT2D eigenvalue weighted by Crippen LogP contribution is -2.41. The van der Waals surface area contributed by atoms with E-state index in [1.165, 1.54) is 0 Å². The summed E-state index contributed by atoms with van der Waals surface area (Å²) in [4.78, 5) is 24.9. The van der Waals surface area contributed by atoms with E-state index in [2.05, 4.69) is 0 Å². The predicted molar refractivity (Wildman–Crippen MR) is 79.0 cm³/mol. The van der Waals surface area contributed by atoms with Gasteiger partial charge in [0.15, 0.2) is 23.3 Å². The average molecular weight is 406 g/mol. The Morgan fingerprint density at radius 1 is 0.893 bits per heavy atom. The minimum absolute atomic E-state index is 0.141. The van der Waals surface area contributed by atoms with Gasteiger partial charge < -0.3 is 5.32 Å². The number of hydrogen-bond acceptors (Lipinski definition) is 2. The maximum absolute atomic E-state index is 14.1. The zero-order valence-electron chi connectivity index (χ0n) is 13.8. The minimum Gasteiger partial charge on any atom is -0.319 e. The second kappa shape index (κ2) is 6.50. The lowest BCUT2D eigenvalue weighted by atomic mass is 9.91. The molecule has 2 aromatic carbocycles. The van der Waals surface area contributed by atoms with Crippen LogP contribution in [0.25, 0.3) is 0 Å². The molecule has 1 aliphatic rings. The summed E-state index contributed by atoms with van der Waals surface area (Å²) in [5, 5.41) is 2.04. The van der Waals surface area contributed by atoms with Crippen molar-refractivity contribution in [2.24, 2.45) is 0 Å². The van der Waals surface area contributed by atoms with Crippen LogP contribution in [0.5, 0.6) is 0 Å². The number of nitrogens with zero attached hydrogens (tertiary/aromatic N) is 1. The molecule has 1 N–H and O–H groups in total. The summed E-state index contributed by atoms with van der Waals surface area (Å²) in [6.07, 6.45) is 0. The van der Waals surface area contributed by atoms with Gasteiger partial charge in [-0.15, -0.1) is 0 Å². The molecule has 1 atom stereocenters. The highest BCUT2D eigenvalue weighted by Gasteiger charge is 2.51. The van der Waals surface area contributed by atoms with Gasteiger partial charge in [-0.1, -0.05) is 0 Å². The van der Waals surface area contributed by atoms with Gasteiger partial charge in [-0.25, -0.2) is 35.5 Å². The summed E-state index contributed by atoms with van der Waals surface area (Å²) >= 11 is 0. The van der Waals surface area contributed by atoms with Crippen molar-refractivity contribution >= 4 is 11.9 Å². The molecule has 0 saturated carbocycles. The van der Waals surface area contributed by atoms with Crippen molar-refractivity contribution in [1.29, 1.82) is 0 Å². The van der Waals surface area contributed by atoms with E-state index < -0.39 is 75.9 Å². The normalized spacial score (nSPS) is 19.4. The van der Waals surface area contributed by atoms with E-state index in [0.717, 1.165) is 13.0 Å². The molecular formula is C17H9F7N2O2. The van der Waals surface area contributed by atoms with Crippen molar-refractivity contribution in [3.63, 3.8) is 0 Å². The molecule has 1 unspecified atom stereocenters. The molecule has 28 heavy (non-hydrogen) atoms. The number of amides is 3. The lowest BCUT2D eigenvalue weighted by molar-refractivity contribution is -0.131. The van der Waals surface area contributed by atoms with Gasteiger partial charge in [0.2, 0.25) is 5.82 Å². The number of hydrogen-bond donors (Lipinski definition) is 1. The summed E-state index contributed by atoms with van der Waals surface area (Å²) in [5.74, 6) is -14.6. The van der Waals surface area contributed by atoms with Crippen molar-refractivity contribution in [2.75, 3.05) is 0 Å². The zero-order chi connectivity index (χ0) is 21.0. The summed E-state index contributed by atoms with van der Waals surface area (Å²) in [6, 6.07) is 0.799. The number of halogens is 7. The van der Waals surface area contributed by atoms with Crippen LogP contribution in [0.2, 0.25) is 0 Å². The molecule has 11 heteroatoms. The van der Waals surface area contributed by atoms with E-state index in [9.17, 15) is 40.3 Å². The minimum atomic E-state index is -2.40. The SMILES string of the molecule is CC1(c2cc(F)ccc2F)NC(=O)N(Cc2c(F)c(F)c(F)c(F)c2F)C1=O. The van der Waals surface area contributed by atoms with Gasteiger partial charge in [0.1, 0.15) is 17.2 Å². The van der Waals surface area contributed by atoms with E-state index in [1.54, 1.807) is 0 Å². The first-order valence-corrected chi connectivity index (χ1v) is 7.59. The number of carbonyl (C=O) groups is 2. The summed E-state index contributed by atoms with van der Waals surface area (Å²) < 4.78 is 95.0. The third-order valence-electron chi connectivity index (χ3n) is 4.36. The van der Waals surface area contributed by atoms with Gasteiger partial charge in [0.25, 0.3) is 5.91 Å². The average Bonchev–Trinajstić information content (AvgIpc) is 2.87. The zero-order valence-corrected chi connectivity index (χ0v) is 13.8. The number of carbonyl (C=O) groups excluding carboxylic acids is 2. The molecule has 0 spiro atoms. The van der Waals surface area contributed by atoms with Gasteiger partial charge in [0, 0.05) is 11.1 Å². The van der Waals surface area contributed by atoms with E-state index in [-0.39, 0.29) is 4.90 Å². The predicted octanol–water partition coefficient (Wildman–Crippen LogP) is 3.63. The maximum Gasteiger partial charge on any atom is 0.325 e. The Morgan fingerprint density at radius 2 is 1.43 bits per heavy atom. The monoisotopic (exact) mass is 406 g/mol. The second-order valence-corrected chi connectivity index (χ2v) is 6.12. The van der Waals surface area contributed by atoms with E-state index in [0.29, 0.717) is 12.1 Å². The van der Waals surface area contributed by atoms with Gasteiger partial charge in [-0.05, 0) is 25.1 Å². The van der Waals surface area contributed by atoms with Crippen LogP contribution in [-0.2, 0) is 16.9 Å². The smallest absolute Gasteiger partial charge is 0.319 e. The van der Waals surface area contributed by atoms with Crippen molar-refractivity contribution in [3.8, 4) is 0 Å². The van der Waals surface area contributed by atoms with Gasteiger partial charge in [-0.2, -0.15) is 0 Å². The first-order valence-electron chi connectivity index (χ1n) is 7.59. The Morgan fingerprint density at radius 3 is 2.00 bits per heavy atom. The third-order valence-corrected chi connectivity index (χ3v) is 4.36. The first kappa shape index (κ1) is 19.6. The summed E-state index contributed by atoms with van der Waals surface area (Å²) in [5.41, 5.74) is -4.16. The number of nitrogens with one attached hydrogen (secondary N) is 1. The molecule has 3 rings (SSSR count). The molecule has 0 aromatic heterocycles. The number of urea groups is 1. The molecule has 0 bridgehead atoms. The Labute approximate surface area is 152 Å². The van der Waals surface area contributed by atoms with Gasteiger partial charge in [-0.3, -0.25) is 9.69 Å². The topological polar surface area (TPSA) is 49.4 Å². The maximum atomic E-state index is 14.1. The standard InChI is InChI=1S/C17H9F7N2O2/c1-17(8-4-6(18)2-3-9(8)19)15(27)26(16(28)25-17)5-7-10(20)12(22)14(24)13(23)11(7)21/h2-4H,5H2,1H3,(H,25,28). The molecule has 2 aromatic rings. The fourth-order valence-electron chi connectivity index (χ4n) is 2.85. The van der Waals surface area contributed by atoms with Crippen LogP contribution in [0.3, 0.4) is 0 Å². The van der Waals surface area contributed by atoms with E-state index >= 15 is 0 Å². The molecule has 1 aliphatic heterocycles. The summed E-state index contributed by atoms with van der Waals surface area (Å²) in [6.45, 7) is -0.313. The van der Waals surface area contributed by atoms with E-state index in [1.807, 2.05) is 5.32 Å². The highest BCUT2D eigenvalue weighted by Crippen LogP contribution is 2.33. The third kappa shape index (κ3) is 2.77. The van der Waals surface area contributed by atoms with Crippen LogP contribution in [0, 0.1) is 40.7 Å². The van der Waals surface area contributed by atoms with Crippen LogP contribution in [0.4, 0.5) is 35.5 Å². The number of benzene rings is 2. The molecule has 1 saturated heterocycles. The van der Waals surface area contributed by atoms with Crippen LogP contribution >= 0.6 is 0 Å². The molecular weight excluding hydrogens is 397 g/mol. The quantitative estimate of drug-likeness (QED) is 0.366. The Hall–Kier alpha value is -3.11. The second-order valence-electron chi connectivity index (χ2n) is 6.12. The fraction of sp³-hybridized carbons (Fsp3) is 0.176. The fourth-order valence-corrected chi connectivity index (χ4v) is 2.85. The first-order chi connectivity index (χ1) is 13.0. The highest BCUT2D eigenvalue weighted by atomic mass is 19.2. The van der Waals surface area contributed by atoms with Crippen molar-refractivity contribution in [3.05, 3.63) is 70.0 Å². The molecule has 0 aliphatic carbocycles. The van der Waals surface area contributed by atoms with Gasteiger partial charge in [0.05, 0.1) is 6.54 Å². The molecule has 1 fully saturated rings. The summed E-state index contributed by atoms with van der Waals surface area (Å²) in [7, 11) is 0. The van der Waals surface area contributed by atoms with Crippen LogP contribution < -0.4 is 5.32 Å². The molecule has 4 nitrogen and oxygen atoms in total. The lowest BCUT2D eigenvalue weighted by Gasteiger charge is -2.23. The molecule has 3 amide bonds. The van der Waals surface area contributed by atoms with Crippen LogP contribution in [-0.4, -0.2) is 16.8 Å². The van der Waals surface area contributed by atoms with Gasteiger partial charge >= 0.3 is 6.03 Å². The molecule has 0 radical (unpaired) electrons.